The molecule has 0 aromatic carbocycles. The molecule has 0 aliphatic rings. The number of thiazole rings is 1. The van der Waals surface area contributed by atoms with Crippen LogP contribution in [0.15, 0.2) is 30.2 Å². The molecule has 0 saturated heterocycles. The Balaban J connectivity index is 2.17. The molecule has 0 spiro atoms. The Bertz CT molecular complexity index is 439. The van der Waals surface area contributed by atoms with E-state index in [1.807, 2.05) is 24.0 Å². The summed E-state index contributed by atoms with van der Waals surface area (Å²) in [6.45, 7) is 2.12. The van der Waals surface area contributed by atoms with E-state index in [9.17, 15) is 0 Å². The lowest BCUT2D eigenvalue weighted by atomic mass is 9.99. The minimum absolute atomic E-state index is 0.0402. The molecule has 2 aromatic heterocycles. The molecule has 0 radical (unpaired) electrons. The number of hydrogen-bond acceptors (Lipinski definition) is 4. The first kappa shape index (κ1) is 11.2. The quantitative estimate of drug-likeness (QED) is 0.882. The van der Waals surface area contributed by atoms with Crippen LogP contribution in [0.25, 0.3) is 0 Å². The maximum absolute atomic E-state index is 6.21. The van der Waals surface area contributed by atoms with E-state index in [1.54, 1.807) is 17.5 Å². The van der Waals surface area contributed by atoms with E-state index in [0.717, 1.165) is 12.8 Å². The fourth-order valence-corrected chi connectivity index (χ4v) is 2.42. The van der Waals surface area contributed by atoms with E-state index in [-0.39, 0.29) is 6.04 Å². The van der Waals surface area contributed by atoms with Gasteiger partial charge in [-0.1, -0.05) is 6.92 Å². The summed E-state index contributed by atoms with van der Waals surface area (Å²) < 4.78 is 0. The Morgan fingerprint density at radius 1 is 1.38 bits per heavy atom. The monoisotopic (exact) mass is 233 g/mol. The third kappa shape index (κ3) is 2.46. The summed E-state index contributed by atoms with van der Waals surface area (Å²) in [6.07, 6.45) is 7.42. The Hall–Kier alpha value is -1.26. The van der Waals surface area contributed by atoms with Gasteiger partial charge in [0.05, 0.1) is 5.51 Å². The molecule has 1 unspecified atom stereocenters. The van der Waals surface area contributed by atoms with E-state index >= 15 is 0 Å². The molecule has 0 fully saturated rings. The largest absolute Gasteiger partial charge is 0.324 e. The zero-order valence-electron chi connectivity index (χ0n) is 9.26. The number of nitrogens with two attached hydrogens (primary N) is 1. The lowest BCUT2D eigenvalue weighted by molar-refractivity contribution is 0.716. The lowest BCUT2D eigenvalue weighted by Gasteiger charge is -2.14. The molecule has 2 heterocycles. The Labute approximate surface area is 99.4 Å². The molecule has 0 aliphatic heterocycles. The number of aromatic nitrogens is 2. The van der Waals surface area contributed by atoms with Crippen molar-refractivity contribution in [1.82, 2.24) is 9.97 Å². The van der Waals surface area contributed by atoms with Crippen molar-refractivity contribution in [2.75, 3.05) is 0 Å². The van der Waals surface area contributed by atoms with Gasteiger partial charge in [0.25, 0.3) is 0 Å². The van der Waals surface area contributed by atoms with Gasteiger partial charge in [-0.05, 0) is 23.6 Å². The molecular formula is C12H15N3S. The fraction of sp³-hybridized carbons (Fsp3) is 0.333. The first-order valence-electron chi connectivity index (χ1n) is 5.37. The zero-order chi connectivity index (χ0) is 11.4. The van der Waals surface area contributed by atoms with Crippen LogP contribution in [-0.4, -0.2) is 9.97 Å². The number of hydrogen-bond donors (Lipinski definition) is 1. The molecule has 1 atom stereocenters. The summed E-state index contributed by atoms with van der Waals surface area (Å²) in [4.78, 5) is 9.42. The van der Waals surface area contributed by atoms with Crippen LogP contribution in [0, 0.1) is 0 Å². The van der Waals surface area contributed by atoms with Crippen molar-refractivity contribution in [3.8, 4) is 0 Å². The highest BCUT2D eigenvalue weighted by Crippen LogP contribution is 2.21. The maximum atomic E-state index is 6.21. The second-order valence-corrected chi connectivity index (χ2v) is 4.68. The van der Waals surface area contributed by atoms with Crippen molar-refractivity contribution < 1.29 is 0 Å². The first-order chi connectivity index (χ1) is 7.81. The van der Waals surface area contributed by atoms with Crippen LogP contribution in [0.3, 0.4) is 0 Å². The molecule has 2 rings (SSSR count). The van der Waals surface area contributed by atoms with Gasteiger partial charge >= 0.3 is 0 Å². The van der Waals surface area contributed by atoms with Gasteiger partial charge in [-0.2, -0.15) is 0 Å². The van der Waals surface area contributed by atoms with Crippen molar-refractivity contribution in [3.63, 3.8) is 0 Å². The van der Waals surface area contributed by atoms with Crippen LogP contribution in [0.2, 0.25) is 0 Å². The average molecular weight is 233 g/mol. The summed E-state index contributed by atoms with van der Waals surface area (Å²) in [6, 6.07) is 2.06. The first-order valence-corrected chi connectivity index (χ1v) is 6.25. The van der Waals surface area contributed by atoms with Gasteiger partial charge in [0.2, 0.25) is 0 Å². The molecule has 0 aliphatic carbocycles. The van der Waals surface area contributed by atoms with E-state index < -0.39 is 0 Å². The predicted molar refractivity (Wildman–Crippen MR) is 66.4 cm³/mol. The molecule has 4 heteroatoms. The molecular weight excluding hydrogens is 218 g/mol. The third-order valence-corrected chi connectivity index (χ3v) is 3.43. The smallest absolute Gasteiger partial charge is 0.0794 e. The topological polar surface area (TPSA) is 51.8 Å². The lowest BCUT2D eigenvalue weighted by Crippen LogP contribution is -2.15. The minimum atomic E-state index is 0.0402. The SMILES string of the molecule is CCc1cnccc1C(N)Cc1cncs1. The summed E-state index contributed by atoms with van der Waals surface area (Å²) in [5, 5.41) is 0. The van der Waals surface area contributed by atoms with Gasteiger partial charge in [0, 0.05) is 35.9 Å². The summed E-state index contributed by atoms with van der Waals surface area (Å²) in [5.74, 6) is 0. The number of aryl methyl sites for hydroxylation is 1. The molecule has 84 valence electrons. The third-order valence-electron chi connectivity index (χ3n) is 2.63. The normalized spacial score (nSPS) is 12.6. The number of rotatable bonds is 4. The summed E-state index contributed by atoms with van der Waals surface area (Å²) in [7, 11) is 0. The molecule has 16 heavy (non-hydrogen) atoms. The van der Waals surface area contributed by atoms with Crippen LogP contribution in [-0.2, 0) is 12.8 Å². The minimum Gasteiger partial charge on any atom is -0.324 e. The average Bonchev–Trinajstić information content (AvgIpc) is 2.81. The number of nitrogens with zero attached hydrogens (tertiary/aromatic N) is 2. The highest BCUT2D eigenvalue weighted by atomic mass is 32.1. The van der Waals surface area contributed by atoms with Crippen molar-refractivity contribution in [2.24, 2.45) is 5.73 Å². The van der Waals surface area contributed by atoms with Gasteiger partial charge in [-0.3, -0.25) is 9.97 Å². The molecule has 2 aromatic rings. The van der Waals surface area contributed by atoms with E-state index in [1.165, 1.54) is 16.0 Å². The molecule has 3 nitrogen and oxygen atoms in total. The highest BCUT2D eigenvalue weighted by molar-refractivity contribution is 7.09. The van der Waals surface area contributed by atoms with Gasteiger partial charge in [-0.15, -0.1) is 11.3 Å². The Morgan fingerprint density at radius 2 is 2.25 bits per heavy atom. The molecule has 0 saturated carbocycles. The maximum Gasteiger partial charge on any atom is 0.0794 e. The Kier molecular flexibility index (Phi) is 3.64. The van der Waals surface area contributed by atoms with Crippen molar-refractivity contribution in [2.45, 2.75) is 25.8 Å². The van der Waals surface area contributed by atoms with Gasteiger partial charge < -0.3 is 5.73 Å². The molecule has 0 amide bonds. The van der Waals surface area contributed by atoms with Crippen LogP contribution >= 0.6 is 11.3 Å². The second-order valence-electron chi connectivity index (χ2n) is 3.71. The highest BCUT2D eigenvalue weighted by Gasteiger charge is 2.11. The van der Waals surface area contributed by atoms with E-state index in [2.05, 4.69) is 16.9 Å². The molecule has 2 N–H and O–H groups in total. The standard InChI is InChI=1S/C12H15N3S/c1-2-9-6-14-4-3-11(9)12(13)5-10-7-15-8-16-10/h3-4,6-8,12H,2,5,13H2,1H3. The zero-order valence-corrected chi connectivity index (χ0v) is 10.1. The molecule has 0 bridgehead atoms. The van der Waals surface area contributed by atoms with Gasteiger partial charge in [0.15, 0.2) is 0 Å². The van der Waals surface area contributed by atoms with Crippen molar-refractivity contribution in [1.29, 1.82) is 0 Å². The van der Waals surface area contributed by atoms with Gasteiger partial charge in [-0.25, -0.2) is 0 Å². The van der Waals surface area contributed by atoms with Gasteiger partial charge in [0.1, 0.15) is 0 Å². The summed E-state index contributed by atoms with van der Waals surface area (Å²) in [5.41, 5.74) is 10.5. The van der Waals surface area contributed by atoms with Crippen LogP contribution in [0.5, 0.6) is 0 Å². The summed E-state index contributed by atoms with van der Waals surface area (Å²) >= 11 is 1.65. The van der Waals surface area contributed by atoms with Crippen LogP contribution < -0.4 is 5.73 Å². The Morgan fingerprint density at radius 3 is 2.94 bits per heavy atom. The van der Waals surface area contributed by atoms with Crippen molar-refractivity contribution in [3.05, 3.63) is 46.2 Å². The van der Waals surface area contributed by atoms with E-state index in [4.69, 9.17) is 5.73 Å². The van der Waals surface area contributed by atoms with Crippen molar-refractivity contribution >= 4 is 11.3 Å². The predicted octanol–water partition coefficient (Wildman–Crippen LogP) is 2.34. The number of pyridine rings is 1. The second kappa shape index (κ2) is 5.18. The van der Waals surface area contributed by atoms with Crippen LogP contribution in [0.1, 0.15) is 29.0 Å². The van der Waals surface area contributed by atoms with E-state index in [0.29, 0.717) is 0 Å². The fourth-order valence-electron chi connectivity index (χ4n) is 1.76. The van der Waals surface area contributed by atoms with Crippen LogP contribution in [0.4, 0.5) is 0 Å².